The van der Waals surface area contributed by atoms with Crippen LogP contribution in [0.4, 0.5) is 0 Å². The van der Waals surface area contributed by atoms with Crippen LogP contribution in [-0.4, -0.2) is 13.2 Å². The van der Waals surface area contributed by atoms with Crippen LogP contribution in [0, 0.1) is 0 Å². The van der Waals surface area contributed by atoms with Crippen LogP contribution in [0.3, 0.4) is 0 Å². The van der Waals surface area contributed by atoms with E-state index >= 15 is 0 Å². The van der Waals surface area contributed by atoms with Gasteiger partial charge in [-0.3, -0.25) is 0 Å². The van der Waals surface area contributed by atoms with Gasteiger partial charge in [0, 0.05) is 17.1 Å². The van der Waals surface area contributed by atoms with Crippen molar-refractivity contribution in [2.24, 2.45) is 0 Å². The molecule has 0 heterocycles. The van der Waals surface area contributed by atoms with Crippen LogP contribution in [-0.2, 0) is 17.1 Å². The van der Waals surface area contributed by atoms with Crippen LogP contribution < -0.4 is 10.2 Å². The Hall–Kier alpha value is 0.439. The van der Waals surface area contributed by atoms with Crippen LogP contribution in [0.15, 0.2) is 0 Å². The zero-order chi connectivity index (χ0) is 5.41. The van der Waals surface area contributed by atoms with E-state index in [9.17, 15) is 0 Å². The molecule has 0 aromatic heterocycles. The van der Waals surface area contributed by atoms with Crippen molar-refractivity contribution in [1.82, 2.24) is 0 Å². The maximum absolute atomic E-state index is 8.93. The molecule has 1 radical (unpaired) electrons. The second kappa shape index (κ2) is 32.0. The van der Waals surface area contributed by atoms with Crippen molar-refractivity contribution in [3.8, 4) is 0 Å². The molecule has 0 saturated heterocycles. The summed E-state index contributed by atoms with van der Waals surface area (Å²) in [6.07, 6.45) is 0. The first-order chi connectivity index (χ1) is 2.83. The molecule has 2 nitrogen and oxygen atoms in total. The molecule has 0 spiro atoms. The quantitative estimate of drug-likeness (QED) is 0.408. The van der Waals surface area contributed by atoms with Gasteiger partial charge in [0.25, 0.3) is 0 Å². The first-order valence-electron chi connectivity index (χ1n) is 1.99. The zero-order valence-electron chi connectivity index (χ0n) is 4.53. The summed E-state index contributed by atoms with van der Waals surface area (Å²) in [4.78, 5) is 0. The Bertz CT molecular complexity index is 11.7. The fourth-order valence-corrected chi connectivity index (χ4v) is 0. The predicted octanol–water partition coefficient (Wildman–Crippen LogP) is -1.27. The molecule has 0 N–H and O–H groups in total. The number of hydrogen-bond acceptors (Lipinski definition) is 2. The topological polar surface area (TPSA) is 46.1 Å². The minimum absolute atomic E-state index is 0. The Morgan fingerprint density at radius 2 is 1.00 bits per heavy atom. The molecule has 0 bridgehead atoms. The van der Waals surface area contributed by atoms with Gasteiger partial charge in [-0.15, -0.1) is 13.2 Å². The summed E-state index contributed by atoms with van der Waals surface area (Å²) in [5.41, 5.74) is 0. The largest absolute Gasteiger partial charge is 0.855 e. The van der Waals surface area contributed by atoms with E-state index in [1.165, 1.54) is 0 Å². The fraction of sp³-hybridized carbons (Fsp3) is 1.00. The molecule has 7 heavy (non-hydrogen) atoms. The van der Waals surface area contributed by atoms with Gasteiger partial charge >= 0.3 is 0 Å². The summed E-state index contributed by atoms with van der Waals surface area (Å²) in [7, 11) is 0. The van der Waals surface area contributed by atoms with E-state index < -0.39 is 0 Å². The normalized spacial score (nSPS) is 5.14. The molecule has 0 saturated carbocycles. The smallest absolute Gasteiger partial charge is 0 e. The summed E-state index contributed by atoms with van der Waals surface area (Å²) in [5.74, 6) is 0. The van der Waals surface area contributed by atoms with Gasteiger partial charge in [-0.05, 0) is 0 Å². The van der Waals surface area contributed by atoms with Crippen molar-refractivity contribution in [2.75, 3.05) is 13.2 Å². The third-order valence-electron chi connectivity index (χ3n) is 0. The number of hydrogen-bond donors (Lipinski definition) is 0. The van der Waals surface area contributed by atoms with E-state index in [1.54, 1.807) is 13.8 Å². The van der Waals surface area contributed by atoms with E-state index in [4.69, 9.17) is 10.2 Å². The third kappa shape index (κ3) is 657. The molecular weight excluding hydrogens is 144 g/mol. The summed E-state index contributed by atoms with van der Waals surface area (Å²) in [5, 5.41) is 17.9. The van der Waals surface area contributed by atoms with E-state index in [0.717, 1.165) is 0 Å². The summed E-state index contributed by atoms with van der Waals surface area (Å²) < 4.78 is 0. The van der Waals surface area contributed by atoms with Gasteiger partial charge in [0.1, 0.15) is 0 Å². The molecule has 0 atom stereocenters. The molecule has 0 aliphatic carbocycles. The van der Waals surface area contributed by atoms with E-state index in [1.807, 2.05) is 0 Å². The molecule has 0 aromatic rings. The molecular formula is C4H10CuO2-2. The SMILES string of the molecule is CC[O-].CC[O-].[Cu]. The molecule has 0 rings (SSSR count). The van der Waals surface area contributed by atoms with Crippen molar-refractivity contribution >= 4 is 0 Å². The second-order valence-electron chi connectivity index (χ2n) is 0.577. The molecule has 0 aromatic carbocycles. The van der Waals surface area contributed by atoms with Gasteiger partial charge in [0.05, 0.1) is 0 Å². The van der Waals surface area contributed by atoms with Crippen LogP contribution in [0.2, 0.25) is 0 Å². The van der Waals surface area contributed by atoms with E-state index in [0.29, 0.717) is 0 Å². The van der Waals surface area contributed by atoms with Crippen molar-refractivity contribution in [3.05, 3.63) is 0 Å². The van der Waals surface area contributed by atoms with Crippen LogP contribution in [0.1, 0.15) is 13.8 Å². The van der Waals surface area contributed by atoms with Gasteiger partial charge in [-0.2, -0.15) is 0 Å². The first-order valence-corrected chi connectivity index (χ1v) is 1.99. The second-order valence-corrected chi connectivity index (χ2v) is 0.577. The Morgan fingerprint density at radius 1 is 1.00 bits per heavy atom. The predicted molar refractivity (Wildman–Crippen MR) is 21.1 cm³/mol. The summed E-state index contributed by atoms with van der Waals surface area (Å²) in [6, 6.07) is 0. The Labute approximate surface area is 55.0 Å². The third-order valence-corrected chi connectivity index (χ3v) is 0. The van der Waals surface area contributed by atoms with Gasteiger partial charge in [0.15, 0.2) is 0 Å². The van der Waals surface area contributed by atoms with Crippen LogP contribution >= 0.6 is 0 Å². The summed E-state index contributed by atoms with van der Waals surface area (Å²) >= 11 is 0. The van der Waals surface area contributed by atoms with Gasteiger partial charge in [-0.25, -0.2) is 0 Å². The molecule has 0 fully saturated rings. The maximum atomic E-state index is 8.93. The standard InChI is InChI=1S/2C2H5O.Cu/c2*1-2-3;/h2*2H2,1H3;/q2*-1;. The van der Waals surface area contributed by atoms with Crippen LogP contribution in [0.5, 0.6) is 0 Å². The Balaban J connectivity index is -0.0000000400. The molecule has 0 unspecified atom stereocenters. The maximum Gasteiger partial charge on any atom is 0 e. The minimum atomic E-state index is 0. The molecule has 0 amide bonds. The van der Waals surface area contributed by atoms with Crippen molar-refractivity contribution < 1.29 is 27.3 Å². The average molecular weight is 154 g/mol. The minimum Gasteiger partial charge on any atom is -0.855 e. The van der Waals surface area contributed by atoms with Crippen molar-refractivity contribution in [1.29, 1.82) is 0 Å². The first kappa shape index (κ1) is 15.7. The average Bonchev–Trinajstić information content (AvgIpc) is 1.39. The monoisotopic (exact) mass is 153 g/mol. The number of rotatable bonds is 0. The molecule has 51 valence electrons. The Kier molecular flexibility index (Phi) is 71.6. The fourth-order valence-electron chi connectivity index (χ4n) is 0. The van der Waals surface area contributed by atoms with Gasteiger partial charge < -0.3 is 10.2 Å². The summed E-state index contributed by atoms with van der Waals surface area (Å²) in [6.45, 7) is 3.14. The molecule has 0 aliphatic heterocycles. The van der Waals surface area contributed by atoms with Crippen molar-refractivity contribution in [2.45, 2.75) is 13.8 Å². The van der Waals surface area contributed by atoms with Crippen LogP contribution in [0.25, 0.3) is 0 Å². The molecule has 0 aliphatic rings. The molecule has 3 heteroatoms. The zero-order valence-corrected chi connectivity index (χ0v) is 5.47. The Morgan fingerprint density at radius 3 is 1.00 bits per heavy atom. The van der Waals surface area contributed by atoms with E-state index in [-0.39, 0.29) is 30.3 Å². The van der Waals surface area contributed by atoms with Gasteiger partial charge in [-0.1, -0.05) is 13.8 Å². The van der Waals surface area contributed by atoms with E-state index in [2.05, 4.69) is 0 Å². The van der Waals surface area contributed by atoms with Crippen molar-refractivity contribution in [3.63, 3.8) is 0 Å². The van der Waals surface area contributed by atoms with Gasteiger partial charge in [0.2, 0.25) is 0 Å².